The fourth-order valence-electron chi connectivity index (χ4n) is 2.96. The van der Waals surface area contributed by atoms with Crippen molar-refractivity contribution in [3.8, 4) is 5.75 Å². The number of para-hydroxylation sites is 1. The van der Waals surface area contributed by atoms with E-state index in [9.17, 15) is 9.59 Å². The topological polar surface area (TPSA) is 80.6 Å². The molecule has 0 aliphatic heterocycles. The first-order valence-electron chi connectivity index (χ1n) is 10.2. The van der Waals surface area contributed by atoms with Crippen molar-refractivity contribution in [2.75, 3.05) is 17.2 Å². The second kappa shape index (κ2) is 10.9. The van der Waals surface area contributed by atoms with E-state index in [2.05, 4.69) is 17.6 Å². The summed E-state index contributed by atoms with van der Waals surface area (Å²) in [6, 6.07) is 17.4. The average Bonchev–Trinajstić information content (AvgIpc) is 3.29. The summed E-state index contributed by atoms with van der Waals surface area (Å²) < 4.78 is 10.9. The van der Waals surface area contributed by atoms with Crippen LogP contribution in [0.3, 0.4) is 0 Å². The van der Waals surface area contributed by atoms with Crippen molar-refractivity contribution < 1.29 is 18.7 Å². The number of rotatable bonds is 10. The lowest BCUT2D eigenvalue weighted by molar-refractivity contribution is 0.0994. The van der Waals surface area contributed by atoms with E-state index in [1.54, 1.807) is 54.6 Å². The average molecular weight is 406 g/mol. The molecule has 30 heavy (non-hydrogen) atoms. The van der Waals surface area contributed by atoms with E-state index in [-0.39, 0.29) is 17.6 Å². The summed E-state index contributed by atoms with van der Waals surface area (Å²) in [5.41, 5.74) is 1.59. The van der Waals surface area contributed by atoms with Gasteiger partial charge in [-0.25, -0.2) is 0 Å². The van der Waals surface area contributed by atoms with Crippen LogP contribution in [0.4, 0.5) is 11.4 Å². The molecule has 0 bridgehead atoms. The SMILES string of the molecule is CCCCCCOc1ccccc1C(=O)Nc1cccc(NC(=O)c2ccco2)c1. The van der Waals surface area contributed by atoms with E-state index < -0.39 is 0 Å². The molecule has 6 nitrogen and oxygen atoms in total. The first kappa shape index (κ1) is 21.2. The molecule has 1 heterocycles. The van der Waals surface area contributed by atoms with Gasteiger partial charge in [0.15, 0.2) is 5.76 Å². The van der Waals surface area contributed by atoms with Gasteiger partial charge in [-0.3, -0.25) is 9.59 Å². The molecule has 0 atom stereocenters. The van der Waals surface area contributed by atoms with Gasteiger partial charge in [0.25, 0.3) is 11.8 Å². The summed E-state index contributed by atoms with van der Waals surface area (Å²) in [6.45, 7) is 2.75. The lowest BCUT2D eigenvalue weighted by Gasteiger charge is -2.12. The van der Waals surface area contributed by atoms with Gasteiger partial charge in [-0.05, 0) is 48.9 Å². The molecule has 3 rings (SSSR count). The highest BCUT2D eigenvalue weighted by molar-refractivity contribution is 6.07. The third-order valence-corrected chi connectivity index (χ3v) is 4.51. The van der Waals surface area contributed by atoms with Crippen molar-refractivity contribution in [1.29, 1.82) is 0 Å². The van der Waals surface area contributed by atoms with Crippen LogP contribution in [0.2, 0.25) is 0 Å². The zero-order valence-electron chi connectivity index (χ0n) is 17.0. The highest BCUT2D eigenvalue weighted by Gasteiger charge is 2.13. The van der Waals surface area contributed by atoms with E-state index in [0.29, 0.717) is 29.3 Å². The molecular formula is C24H26N2O4. The summed E-state index contributed by atoms with van der Waals surface area (Å²) in [5.74, 6) is 0.155. The second-order valence-corrected chi connectivity index (χ2v) is 6.87. The number of hydrogen-bond acceptors (Lipinski definition) is 4. The van der Waals surface area contributed by atoms with Crippen LogP contribution in [-0.4, -0.2) is 18.4 Å². The van der Waals surface area contributed by atoms with Gasteiger partial charge >= 0.3 is 0 Å². The summed E-state index contributed by atoms with van der Waals surface area (Å²) in [5, 5.41) is 5.61. The molecule has 2 aromatic carbocycles. The zero-order chi connectivity index (χ0) is 21.2. The summed E-state index contributed by atoms with van der Waals surface area (Å²) in [7, 11) is 0. The van der Waals surface area contributed by atoms with Crippen molar-refractivity contribution in [2.24, 2.45) is 0 Å². The Morgan fingerprint density at radius 2 is 1.63 bits per heavy atom. The Balaban J connectivity index is 1.63. The fourth-order valence-corrected chi connectivity index (χ4v) is 2.96. The first-order valence-corrected chi connectivity index (χ1v) is 10.2. The minimum absolute atomic E-state index is 0.217. The number of nitrogens with one attached hydrogen (secondary N) is 2. The van der Waals surface area contributed by atoms with Gasteiger partial charge in [0.05, 0.1) is 18.4 Å². The molecule has 0 saturated carbocycles. The van der Waals surface area contributed by atoms with Crippen molar-refractivity contribution in [3.05, 3.63) is 78.3 Å². The van der Waals surface area contributed by atoms with Gasteiger partial charge in [0, 0.05) is 11.4 Å². The monoisotopic (exact) mass is 406 g/mol. The quantitative estimate of drug-likeness (QED) is 0.421. The third kappa shape index (κ3) is 5.98. The third-order valence-electron chi connectivity index (χ3n) is 4.51. The molecule has 0 aliphatic carbocycles. The van der Waals surface area contributed by atoms with Crippen LogP contribution in [0.5, 0.6) is 5.75 Å². The fraction of sp³-hybridized carbons (Fsp3) is 0.250. The molecule has 1 aromatic heterocycles. The summed E-state index contributed by atoms with van der Waals surface area (Å²) >= 11 is 0. The molecule has 2 amide bonds. The number of carbonyl (C=O) groups is 2. The van der Waals surface area contributed by atoms with Gasteiger partial charge in [-0.1, -0.05) is 44.4 Å². The van der Waals surface area contributed by atoms with Crippen LogP contribution >= 0.6 is 0 Å². The lowest BCUT2D eigenvalue weighted by atomic mass is 10.1. The van der Waals surface area contributed by atoms with Crippen molar-refractivity contribution in [3.63, 3.8) is 0 Å². The number of carbonyl (C=O) groups excluding carboxylic acids is 2. The van der Waals surface area contributed by atoms with Gasteiger partial charge in [0.1, 0.15) is 5.75 Å². The van der Waals surface area contributed by atoms with Crippen LogP contribution in [0.25, 0.3) is 0 Å². The molecule has 6 heteroatoms. The maximum Gasteiger partial charge on any atom is 0.291 e. The number of amides is 2. The summed E-state index contributed by atoms with van der Waals surface area (Å²) in [4.78, 5) is 24.9. The van der Waals surface area contributed by atoms with E-state index in [0.717, 1.165) is 12.8 Å². The number of unbranched alkanes of at least 4 members (excludes halogenated alkanes) is 3. The minimum Gasteiger partial charge on any atom is -0.493 e. The maximum atomic E-state index is 12.8. The summed E-state index contributed by atoms with van der Waals surface area (Å²) in [6.07, 6.45) is 5.86. The van der Waals surface area contributed by atoms with Crippen LogP contribution in [0.15, 0.2) is 71.3 Å². The Bertz CT molecular complexity index is 967. The molecule has 156 valence electrons. The van der Waals surface area contributed by atoms with E-state index in [4.69, 9.17) is 9.15 Å². The predicted molar refractivity (Wildman–Crippen MR) is 117 cm³/mol. The number of ether oxygens (including phenoxy) is 1. The highest BCUT2D eigenvalue weighted by atomic mass is 16.5. The predicted octanol–water partition coefficient (Wildman–Crippen LogP) is 5.74. The smallest absolute Gasteiger partial charge is 0.291 e. The highest BCUT2D eigenvalue weighted by Crippen LogP contribution is 2.22. The first-order chi connectivity index (χ1) is 14.7. The largest absolute Gasteiger partial charge is 0.493 e. The number of benzene rings is 2. The normalized spacial score (nSPS) is 10.4. The van der Waals surface area contributed by atoms with Gasteiger partial charge in [-0.2, -0.15) is 0 Å². The molecule has 2 N–H and O–H groups in total. The zero-order valence-corrected chi connectivity index (χ0v) is 17.0. The Labute approximate surface area is 176 Å². The molecule has 0 saturated heterocycles. The van der Waals surface area contributed by atoms with Crippen LogP contribution in [0, 0.1) is 0 Å². The van der Waals surface area contributed by atoms with Gasteiger partial charge in [0.2, 0.25) is 0 Å². The standard InChI is InChI=1S/C24H26N2O4/c1-2-3-4-7-15-29-21-13-6-5-12-20(21)23(27)25-18-10-8-11-19(17-18)26-24(28)22-14-9-16-30-22/h5-6,8-14,16-17H,2-4,7,15H2,1H3,(H,25,27)(H,26,28). The van der Waals surface area contributed by atoms with Crippen molar-refractivity contribution >= 4 is 23.2 Å². The molecule has 0 fully saturated rings. The molecule has 0 spiro atoms. The number of hydrogen-bond donors (Lipinski definition) is 2. The van der Waals surface area contributed by atoms with Crippen molar-refractivity contribution in [1.82, 2.24) is 0 Å². The van der Waals surface area contributed by atoms with Gasteiger partial charge in [-0.15, -0.1) is 0 Å². The number of furan rings is 1. The Kier molecular flexibility index (Phi) is 7.66. The van der Waals surface area contributed by atoms with Crippen LogP contribution < -0.4 is 15.4 Å². The molecular weight excluding hydrogens is 380 g/mol. The van der Waals surface area contributed by atoms with Crippen molar-refractivity contribution in [2.45, 2.75) is 32.6 Å². The second-order valence-electron chi connectivity index (χ2n) is 6.87. The Hall–Kier alpha value is -3.54. The molecule has 0 unspecified atom stereocenters. The molecule has 0 radical (unpaired) electrons. The van der Waals surface area contributed by atoms with Crippen LogP contribution in [0.1, 0.15) is 53.5 Å². The minimum atomic E-state index is -0.356. The Morgan fingerprint density at radius 1 is 0.867 bits per heavy atom. The van der Waals surface area contributed by atoms with E-state index in [1.165, 1.54) is 19.1 Å². The lowest BCUT2D eigenvalue weighted by Crippen LogP contribution is -2.15. The van der Waals surface area contributed by atoms with E-state index in [1.807, 2.05) is 6.07 Å². The van der Waals surface area contributed by atoms with Gasteiger partial charge < -0.3 is 19.8 Å². The number of anilines is 2. The van der Waals surface area contributed by atoms with Crippen LogP contribution in [-0.2, 0) is 0 Å². The maximum absolute atomic E-state index is 12.8. The molecule has 3 aromatic rings. The molecule has 0 aliphatic rings. The van der Waals surface area contributed by atoms with E-state index >= 15 is 0 Å². The Morgan fingerprint density at radius 3 is 2.37 bits per heavy atom.